The third-order valence-corrected chi connectivity index (χ3v) is 4.67. The predicted octanol–water partition coefficient (Wildman–Crippen LogP) is 4.50. The molecule has 0 saturated carbocycles. The van der Waals surface area contributed by atoms with Gasteiger partial charge in [0.25, 0.3) is 5.56 Å². The van der Waals surface area contributed by atoms with Crippen LogP contribution in [0.25, 0.3) is 11.3 Å². The zero-order valence-corrected chi connectivity index (χ0v) is 16.8. The molecule has 0 radical (unpaired) electrons. The topological polar surface area (TPSA) is 64.0 Å². The number of amides is 1. The zero-order valence-electron chi connectivity index (χ0n) is 16.1. The second kappa shape index (κ2) is 7.98. The van der Waals surface area contributed by atoms with Crippen molar-refractivity contribution < 1.29 is 4.79 Å². The second-order valence-corrected chi connectivity index (χ2v) is 7.98. The molecule has 0 unspecified atom stereocenters. The first-order chi connectivity index (χ1) is 13.2. The summed E-state index contributed by atoms with van der Waals surface area (Å²) >= 11 is 6.20. The molecule has 0 bridgehead atoms. The normalized spacial score (nSPS) is 11.3. The highest BCUT2D eigenvalue weighted by Crippen LogP contribution is 2.25. The van der Waals surface area contributed by atoms with Crippen LogP contribution in [-0.2, 0) is 16.8 Å². The summed E-state index contributed by atoms with van der Waals surface area (Å²) in [5, 5.41) is 7.62. The minimum absolute atomic E-state index is 0.0406. The van der Waals surface area contributed by atoms with Crippen molar-refractivity contribution in [1.29, 1.82) is 0 Å². The van der Waals surface area contributed by atoms with E-state index in [-0.39, 0.29) is 23.4 Å². The molecule has 0 aliphatic heterocycles. The molecule has 5 nitrogen and oxygen atoms in total. The highest BCUT2D eigenvalue weighted by Gasteiger charge is 2.14. The number of hydrogen-bond donors (Lipinski definition) is 1. The fraction of sp³-hybridized carbons (Fsp3) is 0.227. The summed E-state index contributed by atoms with van der Waals surface area (Å²) in [6, 6.07) is 17.9. The number of rotatable bonds is 4. The van der Waals surface area contributed by atoms with Crippen LogP contribution in [0.2, 0.25) is 5.02 Å². The lowest BCUT2D eigenvalue weighted by Crippen LogP contribution is -2.29. The van der Waals surface area contributed by atoms with Crippen molar-refractivity contribution >= 4 is 23.2 Å². The molecule has 144 valence electrons. The molecule has 1 heterocycles. The Labute approximate surface area is 169 Å². The largest absolute Gasteiger partial charge is 0.324 e. The summed E-state index contributed by atoms with van der Waals surface area (Å²) in [7, 11) is 0. The van der Waals surface area contributed by atoms with Crippen molar-refractivity contribution in [1.82, 2.24) is 9.78 Å². The molecule has 0 fully saturated rings. The van der Waals surface area contributed by atoms with E-state index in [1.807, 2.05) is 42.5 Å². The summed E-state index contributed by atoms with van der Waals surface area (Å²) in [6.45, 7) is 6.21. The Balaban J connectivity index is 1.76. The highest BCUT2D eigenvalue weighted by atomic mass is 35.5. The van der Waals surface area contributed by atoms with Gasteiger partial charge in [0.05, 0.1) is 10.7 Å². The minimum atomic E-state index is -0.353. The van der Waals surface area contributed by atoms with Crippen molar-refractivity contribution in [2.75, 3.05) is 5.32 Å². The number of anilines is 1. The van der Waals surface area contributed by atoms with E-state index in [1.54, 1.807) is 12.1 Å². The van der Waals surface area contributed by atoms with Gasteiger partial charge in [0.1, 0.15) is 6.54 Å². The first kappa shape index (κ1) is 19.8. The second-order valence-electron chi connectivity index (χ2n) is 7.57. The van der Waals surface area contributed by atoms with Crippen molar-refractivity contribution in [3.8, 4) is 11.3 Å². The Morgan fingerprint density at radius 3 is 2.36 bits per heavy atom. The number of carbonyl (C=O) groups excluding carboxylic acids is 1. The number of nitrogens with one attached hydrogen (secondary N) is 1. The Kier molecular flexibility index (Phi) is 5.66. The van der Waals surface area contributed by atoms with Crippen LogP contribution in [-0.4, -0.2) is 15.7 Å². The van der Waals surface area contributed by atoms with Crippen LogP contribution in [0.4, 0.5) is 5.69 Å². The van der Waals surface area contributed by atoms with Gasteiger partial charge in [-0.05, 0) is 35.2 Å². The van der Waals surface area contributed by atoms with Gasteiger partial charge in [-0.1, -0.05) is 62.7 Å². The van der Waals surface area contributed by atoms with Gasteiger partial charge in [0.2, 0.25) is 5.91 Å². The summed E-state index contributed by atoms with van der Waals surface area (Å²) in [6.07, 6.45) is 0. The summed E-state index contributed by atoms with van der Waals surface area (Å²) in [4.78, 5) is 24.5. The van der Waals surface area contributed by atoms with Crippen LogP contribution >= 0.6 is 11.6 Å². The first-order valence-corrected chi connectivity index (χ1v) is 9.35. The zero-order chi connectivity index (χ0) is 20.3. The highest BCUT2D eigenvalue weighted by molar-refractivity contribution is 6.33. The van der Waals surface area contributed by atoms with Gasteiger partial charge in [-0.25, -0.2) is 4.68 Å². The monoisotopic (exact) mass is 395 g/mol. The number of aromatic nitrogens is 2. The molecule has 0 spiro atoms. The minimum Gasteiger partial charge on any atom is -0.324 e. The van der Waals surface area contributed by atoms with E-state index in [1.165, 1.54) is 11.6 Å². The lowest BCUT2D eigenvalue weighted by molar-refractivity contribution is -0.117. The summed E-state index contributed by atoms with van der Waals surface area (Å²) in [5.41, 5.74) is 2.78. The summed E-state index contributed by atoms with van der Waals surface area (Å²) in [5.74, 6) is -0.325. The molecule has 1 N–H and O–H groups in total. The van der Waals surface area contributed by atoms with Crippen molar-refractivity contribution in [3.05, 3.63) is 81.6 Å². The molecule has 0 atom stereocenters. The third kappa shape index (κ3) is 4.67. The average molecular weight is 396 g/mol. The van der Waals surface area contributed by atoms with E-state index >= 15 is 0 Å². The van der Waals surface area contributed by atoms with Gasteiger partial charge in [0.15, 0.2) is 0 Å². The number of carbonyl (C=O) groups is 1. The molecule has 2 aromatic carbocycles. The van der Waals surface area contributed by atoms with E-state index < -0.39 is 0 Å². The van der Waals surface area contributed by atoms with E-state index in [0.717, 1.165) is 4.68 Å². The Morgan fingerprint density at radius 2 is 1.71 bits per heavy atom. The quantitative estimate of drug-likeness (QED) is 0.707. The van der Waals surface area contributed by atoms with Crippen LogP contribution in [0.1, 0.15) is 26.3 Å². The molecule has 0 saturated heterocycles. The molecule has 6 heteroatoms. The molecular weight excluding hydrogens is 374 g/mol. The maximum absolute atomic E-state index is 12.4. The molecule has 0 aliphatic rings. The van der Waals surface area contributed by atoms with Crippen molar-refractivity contribution in [2.24, 2.45) is 0 Å². The number of hydrogen-bond acceptors (Lipinski definition) is 3. The molecule has 28 heavy (non-hydrogen) atoms. The maximum atomic E-state index is 12.4. The number of halogens is 1. The maximum Gasteiger partial charge on any atom is 0.267 e. The predicted molar refractivity (Wildman–Crippen MR) is 113 cm³/mol. The molecule has 1 amide bonds. The third-order valence-electron chi connectivity index (χ3n) is 4.34. The van der Waals surface area contributed by atoms with Gasteiger partial charge < -0.3 is 5.32 Å². The molecule has 3 aromatic rings. The Bertz CT molecular complexity index is 1050. The molecule has 3 rings (SSSR count). The average Bonchev–Trinajstić information content (AvgIpc) is 2.64. The van der Waals surface area contributed by atoms with Gasteiger partial charge >= 0.3 is 0 Å². The molecule has 1 aromatic heterocycles. The Morgan fingerprint density at radius 1 is 1.04 bits per heavy atom. The van der Waals surface area contributed by atoms with Crippen molar-refractivity contribution in [3.63, 3.8) is 0 Å². The van der Waals surface area contributed by atoms with E-state index in [9.17, 15) is 9.59 Å². The van der Waals surface area contributed by atoms with Crippen molar-refractivity contribution in [2.45, 2.75) is 32.7 Å². The van der Waals surface area contributed by atoms with Crippen LogP contribution in [0.15, 0.2) is 65.5 Å². The van der Waals surface area contributed by atoms with Gasteiger partial charge in [-0.2, -0.15) is 5.10 Å². The van der Waals surface area contributed by atoms with E-state index in [4.69, 9.17) is 11.6 Å². The fourth-order valence-corrected chi connectivity index (χ4v) is 3.00. The van der Waals surface area contributed by atoms with E-state index in [0.29, 0.717) is 22.0 Å². The fourth-order valence-electron chi connectivity index (χ4n) is 2.76. The van der Waals surface area contributed by atoms with Gasteiger partial charge in [-0.15, -0.1) is 0 Å². The van der Waals surface area contributed by atoms with Crippen LogP contribution in [0, 0.1) is 0 Å². The smallest absolute Gasteiger partial charge is 0.267 e. The van der Waals surface area contributed by atoms with Crippen LogP contribution in [0.3, 0.4) is 0 Å². The van der Waals surface area contributed by atoms with E-state index in [2.05, 4.69) is 31.2 Å². The summed E-state index contributed by atoms with van der Waals surface area (Å²) < 4.78 is 1.14. The standard InChI is InChI=1S/C22H22ClN3O2/c1-22(2,3)15-8-10-16(11-9-15)24-20(27)14-26-21(28)13-12-19(25-26)17-6-4-5-7-18(17)23/h4-13H,14H2,1-3H3,(H,24,27). The molecular formula is C22H22ClN3O2. The SMILES string of the molecule is CC(C)(C)c1ccc(NC(=O)Cn2nc(-c3ccccc3Cl)ccc2=O)cc1. The number of nitrogens with zero attached hydrogens (tertiary/aromatic N) is 2. The van der Waals surface area contributed by atoms with Crippen LogP contribution < -0.4 is 10.9 Å². The number of benzene rings is 2. The Hall–Kier alpha value is -2.92. The van der Waals surface area contributed by atoms with Gasteiger partial charge in [-0.3, -0.25) is 9.59 Å². The lowest BCUT2D eigenvalue weighted by atomic mass is 9.87. The lowest BCUT2D eigenvalue weighted by Gasteiger charge is -2.19. The van der Waals surface area contributed by atoms with Crippen LogP contribution in [0.5, 0.6) is 0 Å². The van der Waals surface area contributed by atoms with Gasteiger partial charge in [0, 0.05) is 17.3 Å². The first-order valence-electron chi connectivity index (χ1n) is 8.97. The molecule has 0 aliphatic carbocycles.